The molecule has 1 aromatic heterocycles. The summed E-state index contributed by atoms with van der Waals surface area (Å²) in [5, 5.41) is 14.2. The van der Waals surface area contributed by atoms with E-state index < -0.39 is 4.92 Å². The first-order valence-electron chi connectivity index (χ1n) is 12.2. The van der Waals surface area contributed by atoms with Crippen LogP contribution in [-0.4, -0.2) is 45.8 Å². The van der Waals surface area contributed by atoms with E-state index >= 15 is 0 Å². The molecule has 2 aliphatic carbocycles. The predicted octanol–water partition coefficient (Wildman–Crippen LogP) is 4.24. The zero-order valence-electron chi connectivity index (χ0n) is 19.4. The van der Waals surface area contributed by atoms with Crippen LogP contribution in [0.3, 0.4) is 0 Å². The van der Waals surface area contributed by atoms with Crippen LogP contribution in [0.2, 0.25) is 0 Å². The SMILES string of the molecule is Cc1ccc(C(=O)N[C@@H]2C[C@H]3CC[C@H]2C3)c(C2CCN(C(=O)c3ccc([N+](=O)[O-])cc3)CC2)n1. The third-order valence-electron chi connectivity index (χ3n) is 7.86. The molecule has 2 aromatic rings. The minimum atomic E-state index is -0.473. The Morgan fingerprint density at radius 2 is 1.76 bits per heavy atom. The van der Waals surface area contributed by atoms with E-state index in [-0.39, 0.29) is 29.5 Å². The fourth-order valence-corrected chi connectivity index (χ4v) is 6.01. The first-order chi connectivity index (χ1) is 16.4. The summed E-state index contributed by atoms with van der Waals surface area (Å²) in [5.41, 5.74) is 2.80. The number of carbonyl (C=O) groups excluding carboxylic acids is 2. The first kappa shape index (κ1) is 22.5. The number of nitro groups is 1. The van der Waals surface area contributed by atoms with Crippen LogP contribution in [0, 0.1) is 28.9 Å². The van der Waals surface area contributed by atoms with Gasteiger partial charge in [0.1, 0.15) is 0 Å². The number of amides is 2. The average Bonchev–Trinajstić information content (AvgIpc) is 3.47. The summed E-state index contributed by atoms with van der Waals surface area (Å²) in [6.45, 7) is 3.06. The molecule has 0 radical (unpaired) electrons. The predicted molar refractivity (Wildman–Crippen MR) is 127 cm³/mol. The molecular formula is C26H30N4O4. The molecule has 0 unspecified atom stereocenters. The van der Waals surface area contributed by atoms with Gasteiger partial charge in [0.25, 0.3) is 17.5 Å². The van der Waals surface area contributed by atoms with Gasteiger partial charge in [-0.3, -0.25) is 24.7 Å². The van der Waals surface area contributed by atoms with Crippen molar-refractivity contribution < 1.29 is 14.5 Å². The molecule has 2 amide bonds. The maximum atomic E-state index is 13.2. The van der Waals surface area contributed by atoms with Crippen molar-refractivity contribution in [3.05, 3.63) is 69.0 Å². The molecule has 2 bridgehead atoms. The van der Waals surface area contributed by atoms with E-state index in [4.69, 9.17) is 4.98 Å². The van der Waals surface area contributed by atoms with Crippen LogP contribution in [0.25, 0.3) is 0 Å². The number of carbonyl (C=O) groups is 2. The van der Waals surface area contributed by atoms with Gasteiger partial charge in [0, 0.05) is 48.4 Å². The number of pyridine rings is 1. The Balaban J connectivity index is 1.25. The number of fused-ring (bicyclic) bond motifs is 2. The monoisotopic (exact) mass is 462 g/mol. The molecule has 1 aromatic carbocycles. The number of nitrogens with zero attached hydrogens (tertiary/aromatic N) is 3. The van der Waals surface area contributed by atoms with Crippen LogP contribution in [-0.2, 0) is 0 Å². The molecule has 8 nitrogen and oxygen atoms in total. The Morgan fingerprint density at radius 1 is 1.03 bits per heavy atom. The van der Waals surface area contributed by atoms with Crippen LogP contribution in [0.15, 0.2) is 36.4 Å². The number of likely N-dealkylation sites (tertiary alicyclic amines) is 1. The number of hydrogen-bond acceptors (Lipinski definition) is 5. The summed E-state index contributed by atoms with van der Waals surface area (Å²) in [6.07, 6.45) is 6.30. The molecule has 2 saturated carbocycles. The number of non-ortho nitro benzene ring substituents is 1. The minimum Gasteiger partial charge on any atom is -0.349 e. The van der Waals surface area contributed by atoms with Crippen molar-refractivity contribution in [1.29, 1.82) is 0 Å². The molecular weight excluding hydrogens is 432 g/mol. The van der Waals surface area contributed by atoms with Crippen molar-refractivity contribution >= 4 is 17.5 Å². The highest BCUT2D eigenvalue weighted by Gasteiger charge is 2.40. The number of aromatic nitrogens is 1. The Labute approximate surface area is 198 Å². The van der Waals surface area contributed by atoms with Crippen molar-refractivity contribution in [3.63, 3.8) is 0 Å². The van der Waals surface area contributed by atoms with Crippen LogP contribution >= 0.6 is 0 Å². The van der Waals surface area contributed by atoms with Crippen LogP contribution in [0.1, 0.15) is 76.5 Å². The van der Waals surface area contributed by atoms with Gasteiger partial charge in [-0.2, -0.15) is 0 Å². The van der Waals surface area contributed by atoms with Crippen LogP contribution in [0.5, 0.6) is 0 Å². The first-order valence-corrected chi connectivity index (χ1v) is 12.2. The molecule has 0 spiro atoms. The van der Waals surface area contributed by atoms with Gasteiger partial charge < -0.3 is 10.2 Å². The number of hydrogen-bond donors (Lipinski definition) is 1. The molecule has 2 heterocycles. The molecule has 1 aliphatic heterocycles. The number of nitro benzene ring substituents is 1. The van der Waals surface area contributed by atoms with E-state index in [0.717, 1.165) is 36.6 Å². The summed E-state index contributed by atoms with van der Waals surface area (Å²) in [4.78, 5) is 43.0. The van der Waals surface area contributed by atoms with Gasteiger partial charge in [-0.15, -0.1) is 0 Å². The molecule has 34 heavy (non-hydrogen) atoms. The lowest BCUT2D eigenvalue weighted by atomic mass is 9.89. The second kappa shape index (κ2) is 9.16. The van der Waals surface area contributed by atoms with Gasteiger partial charge in [-0.25, -0.2) is 0 Å². The number of nitrogens with one attached hydrogen (secondary N) is 1. The Bertz CT molecular complexity index is 1110. The molecule has 3 fully saturated rings. The molecule has 3 aliphatic rings. The summed E-state index contributed by atoms with van der Waals surface area (Å²) in [6, 6.07) is 9.80. The maximum Gasteiger partial charge on any atom is 0.269 e. The summed E-state index contributed by atoms with van der Waals surface area (Å²) < 4.78 is 0. The zero-order valence-corrected chi connectivity index (χ0v) is 19.4. The van der Waals surface area contributed by atoms with Gasteiger partial charge in [-0.1, -0.05) is 6.42 Å². The summed E-state index contributed by atoms with van der Waals surface area (Å²) in [5.74, 6) is 1.35. The van der Waals surface area contributed by atoms with E-state index in [1.807, 2.05) is 19.1 Å². The third-order valence-corrected chi connectivity index (χ3v) is 7.86. The van der Waals surface area contributed by atoms with Gasteiger partial charge in [0.15, 0.2) is 0 Å². The fraction of sp³-hybridized carbons (Fsp3) is 0.500. The van der Waals surface area contributed by atoms with E-state index in [2.05, 4.69) is 5.32 Å². The largest absolute Gasteiger partial charge is 0.349 e. The molecule has 1 N–H and O–H groups in total. The molecule has 5 rings (SSSR count). The van der Waals surface area contributed by atoms with Crippen molar-refractivity contribution in [2.75, 3.05) is 13.1 Å². The third kappa shape index (κ3) is 4.41. The maximum absolute atomic E-state index is 13.2. The Kier molecular flexibility index (Phi) is 6.06. The van der Waals surface area contributed by atoms with Gasteiger partial charge in [-0.05, 0) is 75.1 Å². The Hall–Kier alpha value is -3.29. The standard InChI is InChI=1S/C26H30N4O4/c1-16-2-9-22(25(31)28-23-15-17-3-4-20(23)14-17)24(27-16)18-10-12-29(13-11-18)26(32)19-5-7-21(8-6-19)30(33)34/h2,5-9,17-18,20,23H,3-4,10-15H2,1H3,(H,28,31)/t17-,20-,23+/m0/s1. The quantitative estimate of drug-likeness (QED) is 0.529. The lowest BCUT2D eigenvalue weighted by Gasteiger charge is -2.32. The molecule has 3 atom stereocenters. The number of rotatable bonds is 5. The van der Waals surface area contributed by atoms with Crippen molar-refractivity contribution in [1.82, 2.24) is 15.2 Å². The van der Waals surface area contributed by atoms with Crippen molar-refractivity contribution in [2.24, 2.45) is 11.8 Å². The molecule has 178 valence electrons. The zero-order chi connectivity index (χ0) is 23.8. The average molecular weight is 463 g/mol. The summed E-state index contributed by atoms with van der Waals surface area (Å²) in [7, 11) is 0. The van der Waals surface area contributed by atoms with E-state index in [1.165, 1.54) is 43.5 Å². The van der Waals surface area contributed by atoms with E-state index in [9.17, 15) is 19.7 Å². The summed E-state index contributed by atoms with van der Waals surface area (Å²) >= 11 is 0. The molecule has 1 saturated heterocycles. The Morgan fingerprint density at radius 3 is 2.38 bits per heavy atom. The van der Waals surface area contributed by atoms with Crippen molar-refractivity contribution in [2.45, 2.75) is 57.4 Å². The van der Waals surface area contributed by atoms with Gasteiger partial charge in [0.2, 0.25) is 0 Å². The normalized spacial score (nSPS) is 24.3. The fourth-order valence-electron chi connectivity index (χ4n) is 6.01. The highest BCUT2D eigenvalue weighted by atomic mass is 16.6. The van der Waals surface area contributed by atoms with Crippen molar-refractivity contribution in [3.8, 4) is 0 Å². The lowest BCUT2D eigenvalue weighted by molar-refractivity contribution is -0.384. The number of piperidine rings is 1. The second-order valence-corrected chi connectivity index (χ2v) is 10.0. The topological polar surface area (TPSA) is 105 Å². The minimum absolute atomic E-state index is 0.0237. The van der Waals surface area contributed by atoms with Gasteiger partial charge >= 0.3 is 0 Å². The van der Waals surface area contributed by atoms with Gasteiger partial charge in [0.05, 0.1) is 16.2 Å². The second-order valence-electron chi connectivity index (χ2n) is 10.0. The lowest BCUT2D eigenvalue weighted by Crippen LogP contribution is -2.40. The number of benzene rings is 1. The van der Waals surface area contributed by atoms with E-state index in [1.54, 1.807) is 4.90 Å². The van der Waals surface area contributed by atoms with Crippen LogP contribution in [0.4, 0.5) is 5.69 Å². The van der Waals surface area contributed by atoms with Crippen LogP contribution < -0.4 is 5.32 Å². The highest BCUT2D eigenvalue weighted by Crippen LogP contribution is 2.44. The smallest absolute Gasteiger partial charge is 0.269 e. The molecule has 8 heteroatoms. The highest BCUT2D eigenvalue weighted by molar-refractivity contribution is 5.96. The number of aryl methyl sites for hydroxylation is 1. The van der Waals surface area contributed by atoms with E-state index in [0.29, 0.717) is 30.1 Å².